The summed E-state index contributed by atoms with van der Waals surface area (Å²) in [4.78, 5) is 24.6. The van der Waals surface area contributed by atoms with Crippen LogP contribution < -0.4 is 9.47 Å². The zero-order chi connectivity index (χ0) is 28.6. The van der Waals surface area contributed by atoms with E-state index in [2.05, 4.69) is 13.8 Å². The Balaban J connectivity index is 1.45. The maximum absolute atomic E-state index is 12.8. The number of carbonyl (C=O) groups is 2. The van der Waals surface area contributed by atoms with E-state index in [1.807, 2.05) is 37.3 Å². The van der Waals surface area contributed by atoms with Gasteiger partial charge in [0.15, 0.2) is 0 Å². The van der Waals surface area contributed by atoms with Gasteiger partial charge in [0.1, 0.15) is 11.5 Å². The summed E-state index contributed by atoms with van der Waals surface area (Å²) in [6.07, 6.45) is 14.3. The Labute approximate surface area is 239 Å². The molecule has 1 atom stereocenters. The predicted molar refractivity (Wildman–Crippen MR) is 163 cm³/mol. The van der Waals surface area contributed by atoms with Crippen molar-refractivity contribution in [3.63, 3.8) is 0 Å². The lowest BCUT2D eigenvalue weighted by Crippen LogP contribution is -2.09. The number of benzene rings is 3. The molecule has 0 aliphatic rings. The summed E-state index contributed by atoms with van der Waals surface area (Å²) in [5.74, 6) is 0.841. The number of fused-ring (bicyclic) bond motifs is 1. The lowest BCUT2D eigenvalue weighted by molar-refractivity contribution is -0.138. The van der Waals surface area contributed by atoms with Gasteiger partial charge in [-0.25, -0.2) is 9.59 Å². The van der Waals surface area contributed by atoms with Crippen LogP contribution >= 0.6 is 0 Å². The van der Waals surface area contributed by atoms with Gasteiger partial charge in [0.2, 0.25) is 0 Å². The van der Waals surface area contributed by atoms with E-state index in [0.717, 1.165) is 41.5 Å². The van der Waals surface area contributed by atoms with Crippen molar-refractivity contribution in [1.82, 2.24) is 0 Å². The smallest absolute Gasteiger partial charge is 0.343 e. The molecule has 0 aliphatic carbocycles. The standard InChI is InChI=1S/C35H44O5/c1-4-6-7-8-9-10-11-12-23-38-33-21-18-29-24-31(17-16-30(29)25-33)35(37)40-32-19-13-28(14-20-32)15-22-34(36)39-26-27(3)5-2/h13-22,24-25,27H,4-12,23,26H2,1-3H3/b22-15+/t27-/m0/s1. The van der Waals surface area contributed by atoms with Gasteiger partial charge < -0.3 is 14.2 Å². The SMILES string of the molecule is CCCCCCCCCCOc1ccc2cc(C(=O)Oc3ccc(/C=C/C(=O)OC[C@@H](C)CC)cc3)ccc2c1. The topological polar surface area (TPSA) is 61.8 Å². The van der Waals surface area contributed by atoms with Crippen molar-refractivity contribution < 1.29 is 23.8 Å². The summed E-state index contributed by atoms with van der Waals surface area (Å²) in [5.41, 5.74) is 1.29. The minimum absolute atomic E-state index is 0.342. The molecule has 5 nitrogen and oxygen atoms in total. The van der Waals surface area contributed by atoms with E-state index in [9.17, 15) is 9.59 Å². The highest BCUT2D eigenvalue weighted by Gasteiger charge is 2.10. The second-order valence-corrected chi connectivity index (χ2v) is 10.5. The van der Waals surface area contributed by atoms with E-state index in [1.165, 1.54) is 51.0 Å². The molecule has 0 aromatic heterocycles. The zero-order valence-electron chi connectivity index (χ0n) is 24.3. The monoisotopic (exact) mass is 544 g/mol. The Morgan fingerprint density at radius 3 is 2.15 bits per heavy atom. The molecule has 3 aromatic rings. The van der Waals surface area contributed by atoms with Crippen LogP contribution in [0, 0.1) is 5.92 Å². The van der Waals surface area contributed by atoms with Crippen LogP contribution in [0.25, 0.3) is 16.8 Å². The fourth-order valence-electron chi connectivity index (χ4n) is 4.23. The van der Waals surface area contributed by atoms with E-state index >= 15 is 0 Å². The lowest BCUT2D eigenvalue weighted by Gasteiger charge is -2.09. The average molecular weight is 545 g/mol. The third-order valence-electron chi connectivity index (χ3n) is 7.02. The first kappa shape index (κ1) is 30.9. The highest BCUT2D eigenvalue weighted by Crippen LogP contribution is 2.24. The lowest BCUT2D eigenvalue weighted by atomic mass is 10.1. The van der Waals surface area contributed by atoms with Crippen molar-refractivity contribution >= 4 is 28.8 Å². The molecule has 0 radical (unpaired) electrons. The molecular formula is C35H44O5. The zero-order valence-corrected chi connectivity index (χ0v) is 24.3. The molecule has 214 valence electrons. The van der Waals surface area contributed by atoms with Crippen LogP contribution in [0.15, 0.2) is 66.7 Å². The summed E-state index contributed by atoms with van der Waals surface area (Å²) in [6, 6.07) is 18.5. The minimum atomic E-state index is -0.422. The maximum Gasteiger partial charge on any atom is 0.343 e. The molecular weight excluding hydrogens is 500 g/mol. The second-order valence-electron chi connectivity index (χ2n) is 10.5. The van der Waals surface area contributed by atoms with Crippen molar-refractivity contribution in [3.05, 3.63) is 77.9 Å². The number of hydrogen-bond acceptors (Lipinski definition) is 5. The quantitative estimate of drug-likeness (QED) is 0.0734. The molecule has 0 spiro atoms. The van der Waals surface area contributed by atoms with Crippen LogP contribution in [0.5, 0.6) is 11.5 Å². The normalized spacial score (nSPS) is 12.0. The molecule has 0 aliphatic heterocycles. The third kappa shape index (κ3) is 10.9. The van der Waals surface area contributed by atoms with Gasteiger partial charge in [0, 0.05) is 6.08 Å². The molecule has 5 heteroatoms. The first-order valence-corrected chi connectivity index (χ1v) is 14.8. The largest absolute Gasteiger partial charge is 0.494 e. The summed E-state index contributed by atoms with van der Waals surface area (Å²) in [6.45, 7) is 7.49. The molecule has 3 rings (SSSR count). The molecule has 3 aromatic carbocycles. The second kappa shape index (κ2) is 17.2. The summed E-state index contributed by atoms with van der Waals surface area (Å²) >= 11 is 0. The van der Waals surface area contributed by atoms with Crippen LogP contribution in [0.4, 0.5) is 0 Å². The summed E-state index contributed by atoms with van der Waals surface area (Å²) in [5, 5.41) is 1.97. The van der Waals surface area contributed by atoms with Crippen molar-refractivity contribution in [3.8, 4) is 11.5 Å². The third-order valence-corrected chi connectivity index (χ3v) is 7.02. The van der Waals surface area contributed by atoms with Gasteiger partial charge in [-0.2, -0.15) is 0 Å². The number of ether oxygens (including phenoxy) is 3. The molecule has 0 unspecified atom stereocenters. The van der Waals surface area contributed by atoms with Gasteiger partial charge in [0.25, 0.3) is 0 Å². The predicted octanol–water partition coefficient (Wildman–Crippen LogP) is 9.18. The highest BCUT2D eigenvalue weighted by molar-refractivity contribution is 5.96. The molecule has 0 heterocycles. The number of unbranched alkanes of at least 4 members (excludes halogenated alkanes) is 7. The number of carbonyl (C=O) groups excluding carboxylic acids is 2. The average Bonchev–Trinajstić information content (AvgIpc) is 2.98. The van der Waals surface area contributed by atoms with Crippen molar-refractivity contribution in [1.29, 1.82) is 0 Å². The van der Waals surface area contributed by atoms with Crippen LogP contribution in [-0.2, 0) is 9.53 Å². The number of hydrogen-bond donors (Lipinski definition) is 0. The fourth-order valence-corrected chi connectivity index (χ4v) is 4.23. The molecule has 0 saturated heterocycles. The molecule has 0 saturated carbocycles. The van der Waals surface area contributed by atoms with Crippen LogP contribution in [0.1, 0.15) is 94.5 Å². The number of rotatable bonds is 17. The highest BCUT2D eigenvalue weighted by atomic mass is 16.5. The Morgan fingerprint density at radius 2 is 1.43 bits per heavy atom. The fraction of sp³-hybridized carbons (Fsp3) is 0.429. The first-order chi connectivity index (χ1) is 19.5. The first-order valence-electron chi connectivity index (χ1n) is 14.8. The summed E-state index contributed by atoms with van der Waals surface area (Å²) < 4.78 is 16.7. The Hall–Kier alpha value is -3.60. The molecule has 40 heavy (non-hydrogen) atoms. The Kier molecular flexibility index (Phi) is 13.3. The Morgan fingerprint density at radius 1 is 0.775 bits per heavy atom. The van der Waals surface area contributed by atoms with E-state index in [1.54, 1.807) is 36.4 Å². The molecule has 0 amide bonds. The van der Waals surface area contributed by atoms with Crippen LogP contribution in [0.3, 0.4) is 0 Å². The van der Waals surface area contributed by atoms with E-state index in [4.69, 9.17) is 14.2 Å². The summed E-state index contributed by atoms with van der Waals surface area (Å²) in [7, 11) is 0. The van der Waals surface area contributed by atoms with Crippen LogP contribution in [-0.4, -0.2) is 25.2 Å². The maximum atomic E-state index is 12.8. The molecule has 0 N–H and O–H groups in total. The molecule has 0 bridgehead atoms. The van der Waals surface area contributed by atoms with E-state index in [0.29, 0.717) is 23.8 Å². The van der Waals surface area contributed by atoms with Crippen molar-refractivity contribution in [2.24, 2.45) is 5.92 Å². The van der Waals surface area contributed by atoms with Gasteiger partial charge in [-0.3, -0.25) is 0 Å². The minimum Gasteiger partial charge on any atom is -0.494 e. The molecule has 0 fully saturated rings. The van der Waals surface area contributed by atoms with Crippen LogP contribution in [0.2, 0.25) is 0 Å². The van der Waals surface area contributed by atoms with Gasteiger partial charge in [-0.05, 0) is 71.1 Å². The van der Waals surface area contributed by atoms with E-state index < -0.39 is 5.97 Å². The van der Waals surface area contributed by atoms with Crippen molar-refractivity contribution in [2.75, 3.05) is 13.2 Å². The van der Waals surface area contributed by atoms with Gasteiger partial charge in [0.05, 0.1) is 18.8 Å². The van der Waals surface area contributed by atoms with Gasteiger partial charge in [-0.1, -0.05) is 96.4 Å². The van der Waals surface area contributed by atoms with E-state index in [-0.39, 0.29) is 5.97 Å². The van der Waals surface area contributed by atoms with Gasteiger partial charge in [-0.15, -0.1) is 0 Å². The van der Waals surface area contributed by atoms with Gasteiger partial charge >= 0.3 is 11.9 Å². The van der Waals surface area contributed by atoms with Crippen molar-refractivity contribution in [2.45, 2.75) is 78.6 Å². The Bertz CT molecular complexity index is 1230. The number of esters is 2.